The predicted molar refractivity (Wildman–Crippen MR) is 165 cm³/mol. The molecule has 7 nitrogen and oxygen atoms in total. The van der Waals surface area contributed by atoms with Gasteiger partial charge in [0.05, 0.1) is 11.5 Å². The van der Waals surface area contributed by atoms with E-state index in [0.29, 0.717) is 25.7 Å². The lowest BCUT2D eigenvalue weighted by molar-refractivity contribution is -0.181. The number of hydrogen-bond donors (Lipinski definition) is 3. The molecule has 0 aromatic heterocycles. The molecule has 7 heteroatoms. The number of allylic oxidation sites excluding steroid dienone is 8. The predicted octanol–water partition coefficient (Wildman–Crippen LogP) is 5.85. The lowest BCUT2D eigenvalue weighted by atomic mass is 9.45. The van der Waals surface area contributed by atoms with Crippen molar-refractivity contribution in [3.05, 3.63) is 58.4 Å². The highest BCUT2D eigenvalue weighted by Gasteiger charge is 2.69. The lowest BCUT2D eigenvalue weighted by Crippen LogP contribution is -2.62. The Kier molecular flexibility index (Phi) is 9.90. The molecule has 43 heavy (non-hydrogen) atoms. The fourth-order valence-electron chi connectivity index (χ4n) is 8.78. The number of Topliss-reactive ketones (excluding diaryl/α,β-unsaturated/α-hetero) is 1. The molecule has 3 saturated carbocycles. The number of aliphatic hydroxyl groups excluding tert-OH is 2. The average molecular weight is 595 g/mol. The Hall–Kier alpha value is -2.61. The smallest absolute Gasteiger partial charge is 0.335 e. The van der Waals surface area contributed by atoms with Crippen molar-refractivity contribution in [3.63, 3.8) is 0 Å². The summed E-state index contributed by atoms with van der Waals surface area (Å²) in [5, 5.41) is 32.8. The minimum Gasteiger partial charge on any atom is -0.427 e. The van der Waals surface area contributed by atoms with Crippen LogP contribution in [0, 0.1) is 28.6 Å². The lowest BCUT2D eigenvalue weighted by Gasteiger charge is -2.60. The first-order valence-corrected chi connectivity index (χ1v) is 15.9. The molecule has 3 fully saturated rings. The van der Waals surface area contributed by atoms with Crippen LogP contribution in [0.25, 0.3) is 0 Å². The molecule has 4 aliphatic rings. The Morgan fingerprint density at radius 1 is 1.02 bits per heavy atom. The van der Waals surface area contributed by atoms with Gasteiger partial charge in [-0.1, -0.05) is 41.4 Å². The Morgan fingerprint density at radius 2 is 1.70 bits per heavy atom. The number of ether oxygens (including phenoxy) is 1. The summed E-state index contributed by atoms with van der Waals surface area (Å²) in [7, 11) is 0. The molecule has 3 N–H and O–H groups in total. The van der Waals surface area contributed by atoms with Crippen LogP contribution in [-0.2, 0) is 19.1 Å². The van der Waals surface area contributed by atoms with E-state index in [4.69, 9.17) is 4.74 Å². The maximum Gasteiger partial charge on any atom is 0.335 e. The van der Waals surface area contributed by atoms with E-state index in [1.165, 1.54) is 23.3 Å². The third-order valence-electron chi connectivity index (χ3n) is 11.1. The molecule has 0 radical (unpaired) electrons. The van der Waals surface area contributed by atoms with Crippen LogP contribution in [0.15, 0.2) is 58.4 Å². The Labute approximate surface area is 256 Å². The summed E-state index contributed by atoms with van der Waals surface area (Å²) < 4.78 is 5.95. The highest BCUT2D eigenvalue weighted by molar-refractivity contribution is 6.02. The van der Waals surface area contributed by atoms with Crippen molar-refractivity contribution in [1.29, 1.82) is 0 Å². The number of ketones is 2. The molecule has 4 aliphatic carbocycles. The van der Waals surface area contributed by atoms with Gasteiger partial charge in [0.2, 0.25) is 0 Å². The fraction of sp³-hybridized carbons (Fsp3) is 0.639. The molecule has 236 valence electrons. The summed E-state index contributed by atoms with van der Waals surface area (Å²) in [6.07, 6.45) is 13.9. The maximum absolute atomic E-state index is 13.2. The third-order valence-corrected chi connectivity index (χ3v) is 11.1. The normalized spacial score (nSPS) is 35.7. The van der Waals surface area contributed by atoms with Crippen LogP contribution in [-0.4, -0.2) is 51.2 Å². The van der Waals surface area contributed by atoms with Gasteiger partial charge in [-0.2, -0.15) is 0 Å². The number of rotatable bonds is 10. The summed E-state index contributed by atoms with van der Waals surface area (Å²) >= 11 is 0. The van der Waals surface area contributed by atoms with E-state index < -0.39 is 40.9 Å². The number of fused-ring (bicyclic) bond motifs is 5. The first kappa shape index (κ1) is 33.3. The van der Waals surface area contributed by atoms with Crippen LogP contribution < -0.4 is 0 Å². The largest absolute Gasteiger partial charge is 0.427 e. The van der Waals surface area contributed by atoms with Gasteiger partial charge in [-0.05, 0) is 110 Å². The number of carbonyl (C=O) groups excluding carboxylic acids is 3. The molecule has 0 heterocycles. The monoisotopic (exact) mass is 594 g/mol. The molecule has 0 spiro atoms. The molecule has 0 aromatic carbocycles. The first-order chi connectivity index (χ1) is 20.2. The van der Waals surface area contributed by atoms with Crippen LogP contribution in [0.1, 0.15) is 99.3 Å². The molecule has 0 bridgehead atoms. The molecule has 0 unspecified atom stereocenters. The molecule has 7 atom stereocenters. The second-order valence-corrected chi connectivity index (χ2v) is 14.1. The van der Waals surface area contributed by atoms with Crippen molar-refractivity contribution < 1.29 is 34.4 Å². The minimum absolute atomic E-state index is 0.0595. The number of hydrogen-bond acceptors (Lipinski definition) is 7. The number of carbonyl (C=O) groups is 3. The van der Waals surface area contributed by atoms with E-state index in [1.807, 2.05) is 20.8 Å². The highest BCUT2D eigenvalue weighted by Crippen LogP contribution is 2.68. The molecular weight excluding hydrogens is 544 g/mol. The zero-order chi connectivity index (χ0) is 31.7. The molecule has 0 aliphatic heterocycles. The van der Waals surface area contributed by atoms with Gasteiger partial charge in [-0.15, -0.1) is 0 Å². The van der Waals surface area contributed by atoms with Crippen molar-refractivity contribution in [3.8, 4) is 0 Å². The van der Waals surface area contributed by atoms with Gasteiger partial charge in [-0.25, -0.2) is 4.79 Å². The van der Waals surface area contributed by atoms with E-state index in [-0.39, 0.29) is 42.1 Å². The zero-order valence-corrected chi connectivity index (χ0v) is 26.7. The van der Waals surface area contributed by atoms with Crippen molar-refractivity contribution in [2.75, 3.05) is 6.61 Å². The SMILES string of the molecule is CC(C)=CCCC(C)=CCCC(C)=CC(=O)OC1=CC(=O)C=C2CC[C@@H]3[C@H]([C@@H](O)C[C@@]4(C)[C@H]3CC[C@]4(O)C(=O)CO)[C@]21C. The van der Waals surface area contributed by atoms with Crippen LogP contribution in [0.5, 0.6) is 0 Å². The van der Waals surface area contributed by atoms with E-state index in [2.05, 4.69) is 32.9 Å². The molecule has 0 aromatic rings. The van der Waals surface area contributed by atoms with Crippen LogP contribution >= 0.6 is 0 Å². The standard InChI is InChI=1S/C36H50O7/c1-22(2)9-7-10-23(3)11-8-12-24(4)17-32(41)43-31-19-26(38)18-25-13-14-27-28-15-16-36(42,30(40)21-37)34(28,5)20-29(39)33(27)35(25,31)6/h9,11,17-19,27-29,33,37,39,42H,7-8,10,12-16,20-21H2,1-6H3/t27-,28-,29-,33+,34-,35+,36-/m0/s1. The van der Waals surface area contributed by atoms with Gasteiger partial charge >= 0.3 is 5.97 Å². The van der Waals surface area contributed by atoms with Gasteiger partial charge in [-0.3, -0.25) is 9.59 Å². The van der Waals surface area contributed by atoms with Crippen LogP contribution in [0.3, 0.4) is 0 Å². The quantitative estimate of drug-likeness (QED) is 0.165. The zero-order valence-electron chi connectivity index (χ0n) is 26.7. The third kappa shape index (κ3) is 6.18. The van der Waals surface area contributed by atoms with Crippen molar-refractivity contribution in [2.24, 2.45) is 28.6 Å². The van der Waals surface area contributed by atoms with E-state index in [9.17, 15) is 29.7 Å². The average Bonchev–Trinajstić information content (AvgIpc) is 3.19. The fourth-order valence-corrected chi connectivity index (χ4v) is 8.78. The van der Waals surface area contributed by atoms with E-state index in [0.717, 1.165) is 30.4 Å². The summed E-state index contributed by atoms with van der Waals surface area (Å²) in [5.41, 5.74) is 0.927. The van der Waals surface area contributed by atoms with Gasteiger partial charge in [0.15, 0.2) is 11.6 Å². The summed E-state index contributed by atoms with van der Waals surface area (Å²) in [6, 6.07) is 0. The molecular formula is C36H50O7. The minimum atomic E-state index is -1.69. The van der Waals surface area contributed by atoms with Gasteiger partial charge < -0.3 is 20.1 Å². The van der Waals surface area contributed by atoms with Crippen LogP contribution in [0.2, 0.25) is 0 Å². The second-order valence-electron chi connectivity index (χ2n) is 14.1. The maximum atomic E-state index is 13.2. The Balaban J connectivity index is 1.51. The Morgan fingerprint density at radius 3 is 2.37 bits per heavy atom. The van der Waals surface area contributed by atoms with E-state index in [1.54, 1.807) is 6.08 Å². The number of esters is 1. The van der Waals surface area contributed by atoms with Gasteiger partial charge in [0, 0.05) is 23.5 Å². The van der Waals surface area contributed by atoms with Crippen molar-refractivity contribution >= 4 is 17.5 Å². The summed E-state index contributed by atoms with van der Waals surface area (Å²) in [4.78, 5) is 38.6. The van der Waals surface area contributed by atoms with Crippen molar-refractivity contribution in [2.45, 2.75) is 111 Å². The summed E-state index contributed by atoms with van der Waals surface area (Å²) in [5.74, 6) is -1.58. The molecule has 4 rings (SSSR count). The van der Waals surface area contributed by atoms with Crippen LogP contribution in [0.4, 0.5) is 0 Å². The van der Waals surface area contributed by atoms with E-state index >= 15 is 0 Å². The Bertz CT molecular complexity index is 1290. The van der Waals surface area contributed by atoms with Crippen molar-refractivity contribution in [1.82, 2.24) is 0 Å². The van der Waals surface area contributed by atoms with Gasteiger partial charge in [0.1, 0.15) is 18.0 Å². The second kappa shape index (κ2) is 12.8. The summed E-state index contributed by atoms with van der Waals surface area (Å²) in [6.45, 7) is 11.3. The van der Waals surface area contributed by atoms with Gasteiger partial charge in [0.25, 0.3) is 0 Å². The number of aliphatic hydroxyl groups is 3. The molecule has 0 amide bonds. The topological polar surface area (TPSA) is 121 Å². The molecule has 0 saturated heterocycles. The highest BCUT2D eigenvalue weighted by atomic mass is 16.5. The first-order valence-electron chi connectivity index (χ1n) is 15.9.